The van der Waals surface area contributed by atoms with Gasteiger partial charge in [0.05, 0.1) is 6.54 Å². The number of carbonyl (C=O) groups excluding carboxylic acids is 2. The van der Waals surface area contributed by atoms with Crippen molar-refractivity contribution in [1.29, 1.82) is 0 Å². The van der Waals surface area contributed by atoms with Crippen LogP contribution >= 0.6 is 0 Å². The fourth-order valence-corrected chi connectivity index (χ4v) is 3.05. The number of ketones is 1. The summed E-state index contributed by atoms with van der Waals surface area (Å²) in [4.78, 5) is 24.0. The van der Waals surface area contributed by atoms with Crippen LogP contribution in [0.5, 0.6) is 5.88 Å². The largest absolute Gasteiger partial charge is 0.475 e. The first kappa shape index (κ1) is 20.2. The molecule has 1 amide bonds. The smallest absolute Gasteiger partial charge is 0.231 e. The Labute approximate surface area is 178 Å². The molecule has 0 aliphatic heterocycles. The molecule has 8 heteroatoms. The number of carbonyl (C=O) groups is 2. The second kappa shape index (κ2) is 9.62. The molecule has 1 N–H and O–H groups in total. The van der Waals surface area contributed by atoms with Crippen LogP contribution in [0, 0.1) is 0 Å². The number of Topliss-reactive ketones (excluding diaryl/α,β-unsaturated/α-hetero) is 1. The predicted octanol–water partition coefficient (Wildman–Crippen LogP) is 2.95. The Kier molecular flexibility index (Phi) is 6.27. The van der Waals surface area contributed by atoms with Crippen molar-refractivity contribution in [2.24, 2.45) is 0 Å². The van der Waals surface area contributed by atoms with Crippen LogP contribution < -0.4 is 10.1 Å². The van der Waals surface area contributed by atoms with Gasteiger partial charge in [0.25, 0.3) is 0 Å². The van der Waals surface area contributed by atoms with Gasteiger partial charge in [-0.05, 0) is 6.07 Å². The first-order valence-electron chi connectivity index (χ1n) is 9.96. The summed E-state index contributed by atoms with van der Waals surface area (Å²) in [6.07, 6.45) is 0.309. The topological polar surface area (TPSA) is 98.5 Å². The summed E-state index contributed by atoms with van der Waals surface area (Å²) in [6, 6.07) is 22.1. The second-order valence-electron chi connectivity index (χ2n) is 6.82. The number of rotatable bonds is 9. The number of nitrogens with one attached hydrogen (secondary N) is 1. The molecular formula is C23H21N5O3. The quantitative estimate of drug-likeness (QED) is 0.333. The van der Waals surface area contributed by atoms with Gasteiger partial charge in [0, 0.05) is 30.0 Å². The van der Waals surface area contributed by atoms with Crippen LogP contribution in [0.2, 0.25) is 0 Å². The highest BCUT2D eigenvalue weighted by molar-refractivity contribution is 5.97. The number of benzene rings is 2. The lowest BCUT2D eigenvalue weighted by atomic mass is 10.1. The SMILES string of the molecule is O=C(CCC(=O)c1ccccc1)NCCOc1ccc2nnc(-c3ccccc3)n2n1. The summed E-state index contributed by atoms with van der Waals surface area (Å²) in [6.45, 7) is 0.561. The highest BCUT2D eigenvalue weighted by Crippen LogP contribution is 2.18. The van der Waals surface area contributed by atoms with Gasteiger partial charge >= 0.3 is 0 Å². The lowest BCUT2D eigenvalue weighted by molar-refractivity contribution is -0.121. The fraction of sp³-hybridized carbons (Fsp3) is 0.174. The van der Waals surface area contributed by atoms with Crippen molar-refractivity contribution in [3.63, 3.8) is 0 Å². The number of aromatic nitrogens is 4. The van der Waals surface area contributed by atoms with Gasteiger partial charge < -0.3 is 10.1 Å². The normalized spacial score (nSPS) is 10.7. The van der Waals surface area contributed by atoms with Gasteiger partial charge in [-0.1, -0.05) is 60.7 Å². The highest BCUT2D eigenvalue weighted by atomic mass is 16.5. The van der Waals surface area contributed by atoms with Gasteiger partial charge in [0.15, 0.2) is 17.3 Å². The van der Waals surface area contributed by atoms with Crippen molar-refractivity contribution in [3.8, 4) is 17.3 Å². The molecule has 8 nitrogen and oxygen atoms in total. The Balaban J connectivity index is 1.26. The Bertz CT molecular complexity index is 1180. The van der Waals surface area contributed by atoms with Gasteiger partial charge in [-0.25, -0.2) is 0 Å². The molecule has 2 aromatic heterocycles. The molecule has 156 valence electrons. The number of hydrogen-bond acceptors (Lipinski definition) is 6. The maximum atomic E-state index is 12.1. The Hall–Kier alpha value is -4.07. The number of amides is 1. The van der Waals surface area contributed by atoms with E-state index < -0.39 is 0 Å². The third kappa shape index (κ3) is 5.11. The molecule has 0 saturated carbocycles. The maximum Gasteiger partial charge on any atom is 0.231 e. The van der Waals surface area contributed by atoms with Crippen LogP contribution in [0.15, 0.2) is 72.8 Å². The van der Waals surface area contributed by atoms with Crippen molar-refractivity contribution in [2.45, 2.75) is 12.8 Å². The molecule has 0 bridgehead atoms. The molecule has 0 radical (unpaired) electrons. The zero-order valence-corrected chi connectivity index (χ0v) is 16.8. The van der Waals surface area contributed by atoms with E-state index in [9.17, 15) is 9.59 Å². The molecule has 0 spiro atoms. The van der Waals surface area contributed by atoms with E-state index in [0.29, 0.717) is 29.5 Å². The third-order valence-corrected chi connectivity index (χ3v) is 4.62. The van der Waals surface area contributed by atoms with Crippen LogP contribution in [-0.2, 0) is 4.79 Å². The molecule has 0 saturated heterocycles. The monoisotopic (exact) mass is 415 g/mol. The van der Waals surface area contributed by atoms with Gasteiger partial charge in [-0.3, -0.25) is 9.59 Å². The van der Waals surface area contributed by atoms with Crippen LogP contribution in [-0.4, -0.2) is 44.7 Å². The average molecular weight is 415 g/mol. The first-order chi connectivity index (χ1) is 15.2. The van der Waals surface area contributed by atoms with Crippen LogP contribution in [0.25, 0.3) is 17.0 Å². The van der Waals surface area contributed by atoms with E-state index in [1.807, 2.05) is 36.4 Å². The van der Waals surface area contributed by atoms with E-state index in [1.165, 1.54) is 0 Å². The molecule has 0 aliphatic rings. The molecule has 0 fully saturated rings. The number of ether oxygens (including phenoxy) is 1. The molecule has 0 aliphatic carbocycles. The summed E-state index contributed by atoms with van der Waals surface area (Å²) in [7, 11) is 0. The summed E-state index contributed by atoms with van der Waals surface area (Å²) in [5.41, 5.74) is 2.13. The highest BCUT2D eigenvalue weighted by Gasteiger charge is 2.11. The van der Waals surface area contributed by atoms with Gasteiger partial charge in [-0.2, -0.15) is 4.52 Å². The predicted molar refractivity (Wildman–Crippen MR) is 115 cm³/mol. The first-order valence-corrected chi connectivity index (χ1v) is 9.96. The minimum Gasteiger partial charge on any atom is -0.475 e. The van der Waals surface area contributed by atoms with E-state index in [4.69, 9.17) is 4.74 Å². The van der Waals surface area contributed by atoms with Gasteiger partial charge in [0.2, 0.25) is 11.8 Å². The van der Waals surface area contributed by atoms with E-state index in [1.54, 1.807) is 40.9 Å². The molecule has 4 aromatic rings. The maximum absolute atomic E-state index is 12.1. The lowest BCUT2D eigenvalue weighted by Crippen LogP contribution is -2.28. The second-order valence-corrected chi connectivity index (χ2v) is 6.82. The van der Waals surface area contributed by atoms with Gasteiger partial charge in [-0.15, -0.1) is 15.3 Å². The van der Waals surface area contributed by atoms with Crippen LogP contribution in [0.4, 0.5) is 0 Å². The zero-order chi connectivity index (χ0) is 21.5. The van der Waals surface area contributed by atoms with Gasteiger partial charge in [0.1, 0.15) is 6.61 Å². The van der Waals surface area contributed by atoms with Crippen molar-refractivity contribution in [3.05, 3.63) is 78.4 Å². The van der Waals surface area contributed by atoms with E-state index in [2.05, 4.69) is 20.6 Å². The van der Waals surface area contributed by atoms with E-state index in [0.717, 1.165) is 5.56 Å². The molecule has 2 aromatic carbocycles. The van der Waals surface area contributed by atoms with E-state index in [-0.39, 0.29) is 31.1 Å². The van der Waals surface area contributed by atoms with Crippen molar-refractivity contribution in [1.82, 2.24) is 25.1 Å². The number of hydrogen-bond donors (Lipinski definition) is 1. The van der Waals surface area contributed by atoms with E-state index >= 15 is 0 Å². The summed E-state index contributed by atoms with van der Waals surface area (Å²) in [5.74, 6) is 0.782. The summed E-state index contributed by atoms with van der Waals surface area (Å²) >= 11 is 0. The Morgan fingerprint density at radius 1 is 0.871 bits per heavy atom. The summed E-state index contributed by atoms with van der Waals surface area (Å²) in [5, 5.41) is 15.5. The molecule has 2 heterocycles. The van der Waals surface area contributed by atoms with Crippen molar-refractivity contribution in [2.75, 3.05) is 13.2 Å². The lowest BCUT2D eigenvalue weighted by Gasteiger charge is -2.08. The molecular weight excluding hydrogens is 394 g/mol. The molecule has 4 rings (SSSR count). The fourth-order valence-electron chi connectivity index (χ4n) is 3.05. The Morgan fingerprint density at radius 2 is 1.61 bits per heavy atom. The number of fused-ring (bicyclic) bond motifs is 1. The molecule has 0 unspecified atom stereocenters. The standard InChI is InChI=1S/C23H21N5O3/c29-19(17-7-3-1-4-8-17)11-13-21(30)24-15-16-31-22-14-12-20-25-26-23(28(20)27-22)18-9-5-2-6-10-18/h1-10,12,14H,11,13,15-16H2,(H,24,30). The van der Waals surface area contributed by atoms with Crippen molar-refractivity contribution >= 4 is 17.3 Å². The summed E-state index contributed by atoms with van der Waals surface area (Å²) < 4.78 is 7.27. The minimum atomic E-state index is -0.193. The van der Waals surface area contributed by atoms with Crippen molar-refractivity contribution < 1.29 is 14.3 Å². The minimum absolute atomic E-state index is 0.0485. The Morgan fingerprint density at radius 3 is 2.39 bits per heavy atom. The third-order valence-electron chi connectivity index (χ3n) is 4.62. The zero-order valence-electron chi connectivity index (χ0n) is 16.8. The number of nitrogens with zero attached hydrogens (tertiary/aromatic N) is 4. The molecule has 0 atom stereocenters. The van der Waals surface area contributed by atoms with Crippen LogP contribution in [0.3, 0.4) is 0 Å². The average Bonchev–Trinajstić information content (AvgIpc) is 3.25. The molecule has 31 heavy (non-hydrogen) atoms. The van der Waals surface area contributed by atoms with Crippen LogP contribution in [0.1, 0.15) is 23.2 Å².